The lowest BCUT2D eigenvalue weighted by molar-refractivity contribution is 0.0199. The molecule has 0 radical (unpaired) electrons. The van der Waals surface area contributed by atoms with Crippen LogP contribution >= 0.6 is 0 Å². The van der Waals surface area contributed by atoms with Crippen molar-refractivity contribution in [2.45, 2.75) is 45.3 Å². The third-order valence-corrected chi connectivity index (χ3v) is 3.99. The first kappa shape index (κ1) is 18.9. The number of hydrogen-bond donors (Lipinski definition) is 2. The Labute approximate surface area is 148 Å². The monoisotopic (exact) mass is 349 g/mol. The molecule has 2 amide bonds. The first-order valence-corrected chi connectivity index (χ1v) is 8.42. The Morgan fingerprint density at radius 2 is 1.88 bits per heavy atom. The van der Waals surface area contributed by atoms with E-state index in [-0.39, 0.29) is 18.0 Å². The van der Waals surface area contributed by atoms with Crippen LogP contribution in [0.15, 0.2) is 18.2 Å². The highest BCUT2D eigenvalue weighted by molar-refractivity contribution is 5.99. The van der Waals surface area contributed by atoms with Crippen molar-refractivity contribution >= 4 is 17.7 Å². The Bertz CT molecular complexity index is 632. The number of likely N-dealkylation sites (tertiary alicyclic amines) is 1. The number of nitrogens with one attached hydrogen (secondary N) is 1. The van der Waals surface area contributed by atoms with Gasteiger partial charge in [0.15, 0.2) is 0 Å². The van der Waals surface area contributed by atoms with Crippen molar-refractivity contribution in [3.8, 4) is 5.75 Å². The fourth-order valence-electron chi connectivity index (χ4n) is 2.66. The van der Waals surface area contributed by atoms with Crippen molar-refractivity contribution in [1.29, 1.82) is 0 Å². The number of nitrogens with two attached hydrogens (primary N) is 1. The quantitative estimate of drug-likeness (QED) is 0.817. The van der Waals surface area contributed by atoms with Crippen LogP contribution in [-0.4, -0.2) is 48.7 Å². The minimum absolute atomic E-state index is 0.00297. The number of carbonyl (C=O) groups excluding carboxylic acids is 2. The lowest BCUT2D eigenvalue weighted by atomic mass is 10.0. The average Bonchev–Trinajstić information content (AvgIpc) is 2.54. The molecule has 7 nitrogen and oxygen atoms in total. The van der Waals surface area contributed by atoms with E-state index in [1.165, 1.54) is 0 Å². The number of nitrogens with zero attached hydrogens (tertiary/aromatic N) is 1. The fraction of sp³-hybridized carbons (Fsp3) is 0.556. The minimum Gasteiger partial charge on any atom is -0.497 e. The van der Waals surface area contributed by atoms with Crippen molar-refractivity contribution < 1.29 is 19.1 Å². The number of rotatable bonds is 3. The molecule has 0 unspecified atom stereocenters. The molecular formula is C18H27N3O4. The Kier molecular flexibility index (Phi) is 5.77. The van der Waals surface area contributed by atoms with Gasteiger partial charge in [-0.05, 0) is 51.8 Å². The van der Waals surface area contributed by atoms with E-state index in [0.717, 1.165) is 0 Å². The Hall–Kier alpha value is -2.44. The van der Waals surface area contributed by atoms with Crippen LogP contribution in [-0.2, 0) is 4.74 Å². The molecule has 0 aliphatic carbocycles. The molecule has 1 aromatic rings. The maximum atomic E-state index is 12.5. The van der Waals surface area contributed by atoms with Gasteiger partial charge in [-0.2, -0.15) is 0 Å². The van der Waals surface area contributed by atoms with Crippen LogP contribution in [0.2, 0.25) is 0 Å². The van der Waals surface area contributed by atoms with E-state index in [0.29, 0.717) is 42.9 Å². The number of amides is 2. The molecule has 0 atom stereocenters. The lowest BCUT2D eigenvalue weighted by Gasteiger charge is -2.33. The van der Waals surface area contributed by atoms with Crippen molar-refractivity contribution in [3.05, 3.63) is 23.8 Å². The molecule has 1 heterocycles. The molecule has 25 heavy (non-hydrogen) atoms. The Balaban J connectivity index is 1.90. The summed E-state index contributed by atoms with van der Waals surface area (Å²) in [4.78, 5) is 26.2. The Morgan fingerprint density at radius 1 is 1.24 bits per heavy atom. The topological polar surface area (TPSA) is 93.9 Å². The number of methoxy groups -OCH3 is 1. The van der Waals surface area contributed by atoms with Gasteiger partial charge in [0.25, 0.3) is 5.91 Å². The van der Waals surface area contributed by atoms with Crippen molar-refractivity contribution in [1.82, 2.24) is 10.2 Å². The summed E-state index contributed by atoms with van der Waals surface area (Å²) in [5, 5.41) is 2.98. The van der Waals surface area contributed by atoms with Gasteiger partial charge in [-0.3, -0.25) is 4.79 Å². The molecule has 0 bridgehead atoms. The molecule has 0 spiro atoms. The molecule has 7 heteroatoms. The van der Waals surface area contributed by atoms with Crippen molar-refractivity contribution in [2.75, 3.05) is 25.9 Å². The molecule has 1 aliphatic rings. The van der Waals surface area contributed by atoms with E-state index in [1.54, 1.807) is 30.2 Å². The van der Waals surface area contributed by atoms with Gasteiger partial charge in [-0.15, -0.1) is 0 Å². The first-order chi connectivity index (χ1) is 11.7. The van der Waals surface area contributed by atoms with Crippen LogP contribution < -0.4 is 15.8 Å². The standard InChI is InChI=1S/C18H27N3O4/c1-18(2,3)25-17(23)21-9-7-12(8-10-21)20-16(22)14-11-13(24-4)5-6-15(14)19/h5-6,11-12H,7-10,19H2,1-4H3,(H,20,22). The number of piperidine rings is 1. The van der Waals surface area contributed by atoms with Crippen LogP contribution in [0.3, 0.4) is 0 Å². The molecule has 1 fully saturated rings. The van der Waals surface area contributed by atoms with Crippen LogP contribution in [0.4, 0.5) is 10.5 Å². The van der Waals surface area contributed by atoms with Gasteiger partial charge in [0, 0.05) is 24.8 Å². The molecule has 0 aromatic heterocycles. The highest BCUT2D eigenvalue weighted by atomic mass is 16.6. The summed E-state index contributed by atoms with van der Waals surface area (Å²) in [6, 6.07) is 4.99. The van der Waals surface area contributed by atoms with E-state index >= 15 is 0 Å². The average molecular weight is 349 g/mol. The minimum atomic E-state index is -0.508. The highest BCUT2D eigenvalue weighted by Crippen LogP contribution is 2.21. The summed E-state index contributed by atoms with van der Waals surface area (Å²) in [6.45, 7) is 6.63. The number of carbonyl (C=O) groups is 2. The SMILES string of the molecule is COc1ccc(N)c(C(=O)NC2CCN(C(=O)OC(C)(C)C)CC2)c1. The molecular weight excluding hydrogens is 322 g/mol. The van der Waals surface area contributed by atoms with Crippen molar-refractivity contribution in [3.63, 3.8) is 0 Å². The maximum Gasteiger partial charge on any atom is 0.410 e. The van der Waals surface area contributed by atoms with Crippen LogP contribution in [0.5, 0.6) is 5.75 Å². The van der Waals surface area contributed by atoms with Gasteiger partial charge in [0.1, 0.15) is 11.4 Å². The largest absolute Gasteiger partial charge is 0.497 e. The van der Waals surface area contributed by atoms with Crippen LogP contribution in [0.25, 0.3) is 0 Å². The maximum absolute atomic E-state index is 12.5. The third-order valence-electron chi connectivity index (χ3n) is 3.99. The number of nitrogen functional groups attached to an aromatic ring is 1. The van der Waals surface area contributed by atoms with E-state index < -0.39 is 5.60 Å². The summed E-state index contributed by atoms with van der Waals surface area (Å²) < 4.78 is 10.5. The predicted octanol–water partition coefficient (Wildman–Crippen LogP) is 2.41. The fourth-order valence-corrected chi connectivity index (χ4v) is 2.66. The molecule has 138 valence electrons. The van der Waals surface area contributed by atoms with E-state index in [4.69, 9.17) is 15.2 Å². The van der Waals surface area contributed by atoms with E-state index in [1.807, 2.05) is 20.8 Å². The van der Waals surface area contributed by atoms with Crippen molar-refractivity contribution in [2.24, 2.45) is 0 Å². The number of ether oxygens (including phenoxy) is 2. The normalized spacial score (nSPS) is 15.6. The van der Waals surface area contributed by atoms with Gasteiger partial charge < -0.3 is 25.4 Å². The smallest absolute Gasteiger partial charge is 0.410 e. The zero-order valence-corrected chi connectivity index (χ0v) is 15.3. The van der Waals surface area contributed by atoms with Gasteiger partial charge >= 0.3 is 6.09 Å². The summed E-state index contributed by atoms with van der Waals surface area (Å²) in [5.74, 6) is 0.353. The third kappa shape index (κ3) is 5.27. The van der Waals surface area contributed by atoms with E-state index in [9.17, 15) is 9.59 Å². The highest BCUT2D eigenvalue weighted by Gasteiger charge is 2.27. The first-order valence-electron chi connectivity index (χ1n) is 8.42. The second kappa shape index (κ2) is 7.63. The molecule has 1 aromatic carbocycles. The Morgan fingerprint density at radius 3 is 2.44 bits per heavy atom. The molecule has 3 N–H and O–H groups in total. The van der Waals surface area contributed by atoms with E-state index in [2.05, 4.69) is 5.32 Å². The zero-order chi connectivity index (χ0) is 18.6. The van der Waals surface area contributed by atoms with Crippen LogP contribution in [0.1, 0.15) is 44.0 Å². The summed E-state index contributed by atoms with van der Waals surface area (Å²) in [7, 11) is 1.54. The van der Waals surface area contributed by atoms with Gasteiger partial charge in [-0.25, -0.2) is 4.79 Å². The number of hydrogen-bond acceptors (Lipinski definition) is 5. The molecule has 1 aliphatic heterocycles. The second-order valence-electron chi connectivity index (χ2n) is 7.17. The second-order valence-corrected chi connectivity index (χ2v) is 7.17. The number of anilines is 1. The van der Waals surface area contributed by atoms with Gasteiger partial charge in [0.05, 0.1) is 12.7 Å². The summed E-state index contributed by atoms with van der Waals surface area (Å²) in [5.41, 5.74) is 6.18. The zero-order valence-electron chi connectivity index (χ0n) is 15.3. The summed E-state index contributed by atoms with van der Waals surface area (Å²) in [6.07, 6.45) is 1.04. The predicted molar refractivity (Wildman–Crippen MR) is 95.7 cm³/mol. The molecule has 0 saturated carbocycles. The number of benzene rings is 1. The lowest BCUT2D eigenvalue weighted by Crippen LogP contribution is -2.47. The molecule has 1 saturated heterocycles. The van der Waals surface area contributed by atoms with Gasteiger partial charge in [0.2, 0.25) is 0 Å². The summed E-state index contributed by atoms with van der Waals surface area (Å²) >= 11 is 0. The van der Waals surface area contributed by atoms with Crippen LogP contribution in [0, 0.1) is 0 Å². The molecule has 2 rings (SSSR count). The van der Waals surface area contributed by atoms with Gasteiger partial charge in [-0.1, -0.05) is 0 Å².